The van der Waals surface area contributed by atoms with Crippen molar-refractivity contribution in [3.05, 3.63) is 16.6 Å². The molecule has 0 spiro atoms. The summed E-state index contributed by atoms with van der Waals surface area (Å²) in [5, 5.41) is 6.09. The molecule has 1 rings (SSSR count). The van der Waals surface area contributed by atoms with Crippen LogP contribution in [-0.2, 0) is 5.54 Å². The molecule has 14 heavy (non-hydrogen) atoms. The number of guanidine groups is 1. The van der Waals surface area contributed by atoms with Crippen molar-refractivity contribution in [2.75, 3.05) is 6.54 Å². The van der Waals surface area contributed by atoms with Crippen molar-refractivity contribution >= 4 is 17.3 Å². The molecule has 1 heterocycles. The maximum absolute atomic E-state index is 5.69. The molecule has 78 valence electrons. The molecule has 0 aromatic carbocycles. The number of hydrogen-bond acceptors (Lipinski definition) is 3. The average molecular weight is 212 g/mol. The molecular formula is C9H16N4S. The highest BCUT2D eigenvalue weighted by atomic mass is 32.1. The number of aromatic nitrogens is 1. The Bertz CT molecular complexity index is 303. The molecule has 0 amide bonds. The molecule has 1 aromatic heterocycles. The average Bonchev–Trinajstić information content (AvgIpc) is 2.54. The van der Waals surface area contributed by atoms with Crippen molar-refractivity contribution in [2.24, 2.45) is 10.7 Å². The molecule has 3 N–H and O–H groups in total. The number of nitrogens with two attached hydrogens (primary N) is 1. The van der Waals surface area contributed by atoms with Crippen molar-refractivity contribution in [1.29, 1.82) is 0 Å². The summed E-state index contributed by atoms with van der Waals surface area (Å²) in [5.74, 6) is 0.465. The van der Waals surface area contributed by atoms with Gasteiger partial charge < -0.3 is 11.1 Å². The lowest BCUT2D eigenvalue weighted by Crippen LogP contribution is -2.45. The van der Waals surface area contributed by atoms with Crippen LogP contribution in [-0.4, -0.2) is 17.5 Å². The first-order valence-corrected chi connectivity index (χ1v) is 5.42. The molecule has 0 radical (unpaired) electrons. The predicted molar refractivity (Wildman–Crippen MR) is 60.4 cm³/mol. The molecule has 0 aliphatic rings. The van der Waals surface area contributed by atoms with Gasteiger partial charge in [-0.1, -0.05) is 0 Å². The number of thiazole rings is 1. The molecule has 5 heteroatoms. The fourth-order valence-corrected chi connectivity index (χ4v) is 1.83. The normalized spacial score (nSPS) is 12.9. The van der Waals surface area contributed by atoms with Crippen LogP contribution in [0, 0.1) is 0 Å². The van der Waals surface area contributed by atoms with Crippen LogP contribution in [0.1, 0.15) is 25.8 Å². The second kappa shape index (κ2) is 4.41. The van der Waals surface area contributed by atoms with Crippen LogP contribution in [0.4, 0.5) is 0 Å². The quantitative estimate of drug-likeness (QED) is 0.586. The number of aliphatic imine (C=N–C) groups is 1. The van der Waals surface area contributed by atoms with Crippen LogP contribution in [0.2, 0.25) is 0 Å². The van der Waals surface area contributed by atoms with E-state index in [1.165, 1.54) is 0 Å². The first-order chi connectivity index (χ1) is 6.56. The summed E-state index contributed by atoms with van der Waals surface area (Å²) < 4.78 is 0. The van der Waals surface area contributed by atoms with Gasteiger partial charge in [0.1, 0.15) is 5.01 Å². The van der Waals surface area contributed by atoms with E-state index in [4.69, 9.17) is 5.73 Å². The van der Waals surface area contributed by atoms with Crippen molar-refractivity contribution in [3.8, 4) is 0 Å². The molecular weight excluding hydrogens is 196 g/mol. The van der Waals surface area contributed by atoms with Crippen LogP contribution >= 0.6 is 11.3 Å². The first kappa shape index (κ1) is 11.0. The molecule has 0 saturated heterocycles. The summed E-state index contributed by atoms with van der Waals surface area (Å²) in [7, 11) is 0. The highest BCUT2D eigenvalue weighted by Gasteiger charge is 2.23. The Kier molecular flexibility index (Phi) is 3.46. The second-order valence-corrected chi connectivity index (χ2v) is 4.34. The van der Waals surface area contributed by atoms with E-state index in [1.807, 2.05) is 26.2 Å². The van der Waals surface area contributed by atoms with Gasteiger partial charge in [-0.3, -0.25) is 4.99 Å². The van der Waals surface area contributed by atoms with Crippen LogP contribution in [0.5, 0.6) is 0 Å². The third-order valence-electron chi connectivity index (χ3n) is 1.74. The van der Waals surface area contributed by atoms with E-state index in [0.717, 1.165) is 5.01 Å². The maximum atomic E-state index is 5.69. The van der Waals surface area contributed by atoms with E-state index >= 15 is 0 Å². The SMILES string of the molecule is CCN=C(N)NC(C)(C)c1nccs1. The summed E-state index contributed by atoms with van der Waals surface area (Å²) in [6.45, 7) is 6.70. The number of nitrogens with one attached hydrogen (secondary N) is 1. The summed E-state index contributed by atoms with van der Waals surface area (Å²) in [4.78, 5) is 8.33. The Morgan fingerprint density at radius 1 is 1.71 bits per heavy atom. The van der Waals surface area contributed by atoms with Gasteiger partial charge in [0.15, 0.2) is 5.96 Å². The van der Waals surface area contributed by atoms with E-state index in [0.29, 0.717) is 12.5 Å². The molecule has 0 aliphatic carbocycles. The van der Waals surface area contributed by atoms with E-state index in [1.54, 1.807) is 17.5 Å². The minimum Gasteiger partial charge on any atom is -0.370 e. The highest BCUT2D eigenvalue weighted by molar-refractivity contribution is 7.09. The van der Waals surface area contributed by atoms with E-state index in [9.17, 15) is 0 Å². The number of hydrogen-bond donors (Lipinski definition) is 2. The maximum Gasteiger partial charge on any atom is 0.189 e. The van der Waals surface area contributed by atoms with Crippen LogP contribution in [0.3, 0.4) is 0 Å². The van der Waals surface area contributed by atoms with Crippen molar-refractivity contribution < 1.29 is 0 Å². The predicted octanol–water partition coefficient (Wildman–Crippen LogP) is 1.30. The number of rotatable bonds is 3. The minimum atomic E-state index is -0.253. The van der Waals surface area contributed by atoms with Crippen LogP contribution in [0.15, 0.2) is 16.6 Å². The van der Waals surface area contributed by atoms with Gasteiger partial charge in [-0.15, -0.1) is 11.3 Å². The lowest BCUT2D eigenvalue weighted by Gasteiger charge is -2.24. The second-order valence-electron chi connectivity index (χ2n) is 3.45. The molecule has 0 bridgehead atoms. The van der Waals surface area contributed by atoms with Crippen LogP contribution in [0.25, 0.3) is 0 Å². The Morgan fingerprint density at radius 2 is 2.43 bits per heavy atom. The van der Waals surface area contributed by atoms with Crippen LogP contribution < -0.4 is 11.1 Å². The summed E-state index contributed by atoms with van der Waals surface area (Å²) in [6.07, 6.45) is 1.79. The van der Waals surface area contributed by atoms with E-state index in [2.05, 4.69) is 15.3 Å². The molecule has 1 aromatic rings. The molecule has 0 aliphatic heterocycles. The molecule has 0 unspecified atom stereocenters. The highest BCUT2D eigenvalue weighted by Crippen LogP contribution is 2.21. The monoisotopic (exact) mass is 212 g/mol. The van der Waals surface area contributed by atoms with Gasteiger partial charge in [-0.25, -0.2) is 4.98 Å². The Hall–Kier alpha value is -1.10. The molecule has 0 atom stereocenters. The Balaban J connectivity index is 2.72. The van der Waals surface area contributed by atoms with Gasteiger partial charge in [0.25, 0.3) is 0 Å². The Morgan fingerprint density at radius 3 is 2.93 bits per heavy atom. The molecule has 4 nitrogen and oxygen atoms in total. The topological polar surface area (TPSA) is 63.3 Å². The van der Waals surface area contributed by atoms with E-state index in [-0.39, 0.29) is 5.54 Å². The van der Waals surface area contributed by atoms with Gasteiger partial charge in [-0.05, 0) is 20.8 Å². The van der Waals surface area contributed by atoms with Crippen molar-refractivity contribution in [1.82, 2.24) is 10.3 Å². The van der Waals surface area contributed by atoms with Crippen molar-refractivity contribution in [3.63, 3.8) is 0 Å². The summed E-state index contributed by atoms with van der Waals surface area (Å²) in [5.41, 5.74) is 5.44. The minimum absolute atomic E-state index is 0.253. The fourth-order valence-electron chi connectivity index (χ4n) is 1.12. The van der Waals surface area contributed by atoms with Gasteiger partial charge in [0.05, 0.1) is 5.54 Å². The Labute approximate surface area is 88.3 Å². The first-order valence-electron chi connectivity index (χ1n) is 4.54. The lowest BCUT2D eigenvalue weighted by molar-refractivity contribution is 0.480. The summed E-state index contributed by atoms with van der Waals surface area (Å²) in [6, 6.07) is 0. The third kappa shape index (κ3) is 2.70. The van der Waals surface area contributed by atoms with E-state index < -0.39 is 0 Å². The lowest BCUT2D eigenvalue weighted by atomic mass is 10.1. The van der Waals surface area contributed by atoms with Gasteiger partial charge in [0.2, 0.25) is 0 Å². The molecule has 0 fully saturated rings. The number of nitrogens with zero attached hydrogens (tertiary/aromatic N) is 2. The fraction of sp³-hybridized carbons (Fsp3) is 0.556. The standard InChI is InChI=1S/C9H16N4S/c1-4-11-8(10)13-9(2,3)7-12-5-6-14-7/h5-6H,4H2,1-3H3,(H3,10,11,13). The zero-order chi connectivity index (χ0) is 10.6. The van der Waals surface area contributed by atoms with Gasteiger partial charge >= 0.3 is 0 Å². The zero-order valence-electron chi connectivity index (χ0n) is 8.74. The van der Waals surface area contributed by atoms with Crippen molar-refractivity contribution in [2.45, 2.75) is 26.3 Å². The molecule has 0 saturated carbocycles. The summed E-state index contributed by atoms with van der Waals surface area (Å²) >= 11 is 1.61. The van der Waals surface area contributed by atoms with Gasteiger partial charge in [-0.2, -0.15) is 0 Å². The smallest absolute Gasteiger partial charge is 0.189 e. The largest absolute Gasteiger partial charge is 0.370 e. The van der Waals surface area contributed by atoms with Gasteiger partial charge in [0, 0.05) is 18.1 Å². The third-order valence-corrected chi connectivity index (χ3v) is 2.83. The zero-order valence-corrected chi connectivity index (χ0v) is 9.56.